The Morgan fingerprint density at radius 1 is 1.50 bits per heavy atom. The van der Waals surface area contributed by atoms with Gasteiger partial charge in [-0.1, -0.05) is 0 Å². The highest BCUT2D eigenvalue weighted by atomic mass is 79.9. The number of urea groups is 1. The zero-order valence-electron chi connectivity index (χ0n) is 9.47. The fraction of sp³-hybridized carbons (Fsp3) is 0.364. The maximum atomic E-state index is 11.9. The van der Waals surface area contributed by atoms with Crippen LogP contribution < -0.4 is 5.32 Å². The maximum Gasteiger partial charge on any atom is 0.326 e. The summed E-state index contributed by atoms with van der Waals surface area (Å²) < 4.78 is 0.747. The first-order chi connectivity index (χ1) is 8.58. The molecule has 18 heavy (non-hydrogen) atoms. The van der Waals surface area contributed by atoms with E-state index in [-0.39, 0.29) is 0 Å². The Morgan fingerprint density at radius 3 is 2.94 bits per heavy atom. The Morgan fingerprint density at radius 2 is 2.28 bits per heavy atom. The van der Waals surface area contributed by atoms with E-state index in [2.05, 4.69) is 26.2 Å². The maximum absolute atomic E-state index is 11.9. The van der Waals surface area contributed by atoms with Crippen molar-refractivity contribution >= 4 is 33.6 Å². The molecule has 2 N–H and O–H groups in total. The van der Waals surface area contributed by atoms with E-state index in [0.717, 1.165) is 4.47 Å². The SMILES string of the molecule is O=C(O)[C@H]1CCCN1C(=O)Nc1cncc(Br)c1. The standard InChI is InChI=1S/C11H12BrN3O3/c12-7-4-8(6-13-5-7)14-11(18)15-3-1-2-9(15)10(16)17/h4-6,9H,1-3H2,(H,14,18)(H,16,17)/t9-/m1/s1. The average molecular weight is 314 g/mol. The number of carboxylic acids is 1. The predicted molar refractivity (Wildman–Crippen MR) is 68.3 cm³/mol. The van der Waals surface area contributed by atoms with Crippen molar-refractivity contribution in [3.63, 3.8) is 0 Å². The molecule has 7 heteroatoms. The molecule has 1 aromatic heterocycles. The monoisotopic (exact) mass is 313 g/mol. The van der Waals surface area contributed by atoms with Gasteiger partial charge in [-0.25, -0.2) is 9.59 Å². The number of aliphatic carboxylic acids is 1. The number of anilines is 1. The molecule has 0 aromatic carbocycles. The zero-order valence-corrected chi connectivity index (χ0v) is 11.1. The molecule has 0 spiro atoms. The van der Waals surface area contributed by atoms with Gasteiger partial charge in [-0.3, -0.25) is 4.98 Å². The first-order valence-corrected chi connectivity index (χ1v) is 6.28. The van der Waals surface area contributed by atoms with Gasteiger partial charge >= 0.3 is 12.0 Å². The summed E-state index contributed by atoms with van der Waals surface area (Å²) >= 11 is 3.25. The van der Waals surface area contributed by atoms with Crippen LogP contribution in [-0.2, 0) is 4.79 Å². The number of carboxylic acid groups (broad SMARTS) is 1. The highest BCUT2D eigenvalue weighted by Gasteiger charge is 2.33. The van der Waals surface area contributed by atoms with Crippen LogP contribution in [-0.4, -0.2) is 39.6 Å². The molecule has 0 radical (unpaired) electrons. The molecule has 0 saturated carbocycles. The van der Waals surface area contributed by atoms with E-state index in [1.54, 1.807) is 12.3 Å². The fourth-order valence-electron chi connectivity index (χ4n) is 1.94. The second-order valence-corrected chi connectivity index (χ2v) is 4.93. The van der Waals surface area contributed by atoms with Crippen molar-refractivity contribution in [2.45, 2.75) is 18.9 Å². The Labute approximate surface area is 112 Å². The molecule has 1 atom stereocenters. The summed E-state index contributed by atoms with van der Waals surface area (Å²) in [6.45, 7) is 0.463. The number of hydrogen-bond donors (Lipinski definition) is 2. The van der Waals surface area contributed by atoms with Crippen molar-refractivity contribution in [1.29, 1.82) is 0 Å². The van der Waals surface area contributed by atoms with E-state index in [9.17, 15) is 9.59 Å². The van der Waals surface area contributed by atoms with Crippen molar-refractivity contribution in [1.82, 2.24) is 9.88 Å². The van der Waals surface area contributed by atoms with Gasteiger partial charge in [0.25, 0.3) is 0 Å². The molecule has 1 fully saturated rings. The van der Waals surface area contributed by atoms with Crippen LogP contribution in [0.4, 0.5) is 10.5 Å². The summed E-state index contributed by atoms with van der Waals surface area (Å²) in [6.07, 6.45) is 4.32. The average Bonchev–Trinajstić information content (AvgIpc) is 2.77. The second kappa shape index (κ2) is 5.34. The number of pyridine rings is 1. The number of rotatable bonds is 2. The van der Waals surface area contributed by atoms with E-state index < -0.39 is 18.0 Å². The lowest BCUT2D eigenvalue weighted by Crippen LogP contribution is -2.42. The van der Waals surface area contributed by atoms with E-state index in [1.807, 2.05) is 0 Å². The molecule has 2 rings (SSSR count). The van der Waals surface area contributed by atoms with Crippen molar-refractivity contribution in [3.05, 3.63) is 22.9 Å². The van der Waals surface area contributed by atoms with Crippen LogP contribution in [0.5, 0.6) is 0 Å². The molecule has 1 saturated heterocycles. The van der Waals surface area contributed by atoms with E-state index in [4.69, 9.17) is 5.11 Å². The summed E-state index contributed by atoms with van der Waals surface area (Å²) in [5.41, 5.74) is 0.533. The molecule has 6 nitrogen and oxygen atoms in total. The Kier molecular flexibility index (Phi) is 3.81. The van der Waals surface area contributed by atoms with Gasteiger partial charge in [0.15, 0.2) is 0 Å². The molecule has 2 amide bonds. The van der Waals surface area contributed by atoms with Crippen molar-refractivity contribution in [3.8, 4) is 0 Å². The minimum absolute atomic E-state index is 0.403. The molecule has 1 aliphatic rings. The van der Waals surface area contributed by atoms with Gasteiger partial charge in [0.2, 0.25) is 0 Å². The summed E-state index contributed by atoms with van der Waals surface area (Å²) in [5.74, 6) is -0.963. The summed E-state index contributed by atoms with van der Waals surface area (Å²) in [7, 11) is 0. The number of hydrogen-bond acceptors (Lipinski definition) is 3. The first kappa shape index (κ1) is 12.8. The van der Waals surface area contributed by atoms with Gasteiger partial charge in [-0.15, -0.1) is 0 Å². The van der Waals surface area contributed by atoms with Gasteiger partial charge in [0, 0.05) is 17.2 Å². The van der Waals surface area contributed by atoms with Gasteiger partial charge in [0.1, 0.15) is 6.04 Å². The lowest BCUT2D eigenvalue weighted by Gasteiger charge is -2.21. The van der Waals surface area contributed by atoms with Gasteiger partial charge in [-0.2, -0.15) is 0 Å². The summed E-state index contributed by atoms with van der Waals surface area (Å²) in [5, 5.41) is 11.6. The third kappa shape index (κ3) is 2.79. The van der Waals surface area contributed by atoms with Gasteiger partial charge < -0.3 is 15.3 Å². The molecule has 1 aromatic rings. The Hall–Kier alpha value is -1.63. The number of carbonyl (C=O) groups excluding carboxylic acids is 1. The molecule has 0 aliphatic carbocycles. The van der Waals surface area contributed by atoms with E-state index in [1.165, 1.54) is 11.1 Å². The van der Waals surface area contributed by atoms with E-state index >= 15 is 0 Å². The molecule has 1 aliphatic heterocycles. The number of aromatic nitrogens is 1. The molecule has 0 unspecified atom stereocenters. The summed E-state index contributed by atoms with van der Waals surface area (Å²) in [4.78, 5) is 28.2. The number of nitrogens with one attached hydrogen (secondary N) is 1. The number of halogens is 1. The zero-order chi connectivity index (χ0) is 13.1. The van der Waals surface area contributed by atoms with Crippen LogP contribution in [0.25, 0.3) is 0 Å². The van der Waals surface area contributed by atoms with Gasteiger partial charge in [-0.05, 0) is 34.8 Å². The van der Waals surface area contributed by atoms with Crippen molar-refractivity contribution in [2.75, 3.05) is 11.9 Å². The number of likely N-dealkylation sites (tertiary alicyclic amines) is 1. The smallest absolute Gasteiger partial charge is 0.326 e. The lowest BCUT2D eigenvalue weighted by atomic mass is 10.2. The minimum atomic E-state index is -0.963. The molecule has 0 bridgehead atoms. The van der Waals surface area contributed by atoms with E-state index in [0.29, 0.717) is 25.1 Å². The van der Waals surface area contributed by atoms with Crippen molar-refractivity contribution < 1.29 is 14.7 Å². The molecule has 96 valence electrons. The molecular weight excluding hydrogens is 302 g/mol. The third-order valence-electron chi connectivity index (χ3n) is 2.75. The highest BCUT2D eigenvalue weighted by molar-refractivity contribution is 9.10. The fourth-order valence-corrected chi connectivity index (χ4v) is 2.31. The van der Waals surface area contributed by atoms with Crippen LogP contribution >= 0.6 is 15.9 Å². The molecular formula is C11H12BrN3O3. The minimum Gasteiger partial charge on any atom is -0.480 e. The number of nitrogens with zero attached hydrogens (tertiary/aromatic N) is 2. The second-order valence-electron chi connectivity index (χ2n) is 4.01. The quantitative estimate of drug-likeness (QED) is 0.874. The number of carbonyl (C=O) groups is 2. The van der Waals surface area contributed by atoms with Crippen LogP contribution in [0.15, 0.2) is 22.9 Å². The van der Waals surface area contributed by atoms with Crippen LogP contribution in [0.2, 0.25) is 0 Å². The highest BCUT2D eigenvalue weighted by Crippen LogP contribution is 2.20. The lowest BCUT2D eigenvalue weighted by molar-refractivity contribution is -0.141. The Bertz CT molecular complexity index is 480. The third-order valence-corrected chi connectivity index (χ3v) is 3.19. The van der Waals surface area contributed by atoms with Crippen molar-refractivity contribution in [2.24, 2.45) is 0 Å². The topological polar surface area (TPSA) is 82.5 Å². The number of amides is 2. The molecule has 2 heterocycles. The van der Waals surface area contributed by atoms with Crippen LogP contribution in [0.1, 0.15) is 12.8 Å². The predicted octanol–water partition coefficient (Wildman–Crippen LogP) is 1.92. The van der Waals surface area contributed by atoms with Crippen LogP contribution in [0, 0.1) is 0 Å². The largest absolute Gasteiger partial charge is 0.480 e. The summed E-state index contributed by atoms with van der Waals surface area (Å²) in [6, 6.07) is 0.571. The first-order valence-electron chi connectivity index (χ1n) is 5.49. The van der Waals surface area contributed by atoms with Gasteiger partial charge in [0.05, 0.1) is 11.9 Å². The Balaban J connectivity index is 2.06. The van der Waals surface area contributed by atoms with Crippen LogP contribution in [0.3, 0.4) is 0 Å². The normalized spacial score (nSPS) is 18.7.